The van der Waals surface area contributed by atoms with Gasteiger partial charge in [0.25, 0.3) is 5.91 Å². The molecule has 0 radical (unpaired) electrons. The van der Waals surface area contributed by atoms with E-state index in [1.165, 1.54) is 13.0 Å². The molecule has 0 aliphatic carbocycles. The smallest absolute Gasteiger partial charge is 0.325 e. The first-order chi connectivity index (χ1) is 13.9. The lowest BCUT2D eigenvalue weighted by Crippen LogP contribution is -2.42. The van der Waals surface area contributed by atoms with Crippen molar-refractivity contribution in [2.24, 2.45) is 0 Å². The van der Waals surface area contributed by atoms with Crippen LogP contribution in [0.1, 0.15) is 29.2 Å². The number of imide groups is 1. The number of nitrogens with zero attached hydrogens (tertiary/aromatic N) is 1. The normalized spacial score (nSPS) is 19.1. The second-order valence-electron chi connectivity index (χ2n) is 7.37. The number of halogens is 3. The van der Waals surface area contributed by atoms with E-state index in [-0.39, 0.29) is 5.56 Å². The van der Waals surface area contributed by atoms with Gasteiger partial charge in [-0.2, -0.15) is 13.2 Å². The Morgan fingerprint density at radius 2 is 1.80 bits per heavy atom. The molecule has 2 aromatic rings. The molecule has 1 heterocycles. The summed E-state index contributed by atoms with van der Waals surface area (Å²) in [6.07, 6.45) is -4.59. The van der Waals surface area contributed by atoms with Gasteiger partial charge in [0.05, 0.1) is 5.56 Å². The molecule has 1 unspecified atom stereocenters. The summed E-state index contributed by atoms with van der Waals surface area (Å²) in [6.45, 7) is 4.54. The number of urea groups is 1. The van der Waals surface area contributed by atoms with Gasteiger partial charge < -0.3 is 10.6 Å². The van der Waals surface area contributed by atoms with Gasteiger partial charge in [0.2, 0.25) is 5.91 Å². The molecule has 158 valence electrons. The van der Waals surface area contributed by atoms with Crippen molar-refractivity contribution in [3.8, 4) is 0 Å². The lowest BCUT2D eigenvalue weighted by Gasteiger charge is -2.23. The molecule has 0 bridgehead atoms. The van der Waals surface area contributed by atoms with Gasteiger partial charge in [-0.25, -0.2) is 4.79 Å². The van der Waals surface area contributed by atoms with Crippen LogP contribution in [0.4, 0.5) is 23.7 Å². The number of rotatable bonds is 4. The van der Waals surface area contributed by atoms with Crippen molar-refractivity contribution >= 4 is 23.5 Å². The van der Waals surface area contributed by atoms with Gasteiger partial charge in [-0.05, 0) is 61.7 Å². The van der Waals surface area contributed by atoms with E-state index in [0.29, 0.717) is 10.6 Å². The summed E-state index contributed by atoms with van der Waals surface area (Å²) < 4.78 is 39.1. The fourth-order valence-corrected chi connectivity index (χ4v) is 3.21. The number of carbonyl (C=O) groups excluding carboxylic acids is 3. The molecule has 9 heteroatoms. The molecule has 2 N–H and O–H groups in total. The Morgan fingerprint density at radius 1 is 1.10 bits per heavy atom. The van der Waals surface area contributed by atoms with Crippen molar-refractivity contribution in [3.63, 3.8) is 0 Å². The van der Waals surface area contributed by atoms with Crippen LogP contribution in [0.3, 0.4) is 0 Å². The van der Waals surface area contributed by atoms with Gasteiger partial charge in [-0.3, -0.25) is 14.5 Å². The molecule has 1 aliphatic heterocycles. The van der Waals surface area contributed by atoms with Gasteiger partial charge in [-0.15, -0.1) is 0 Å². The minimum absolute atomic E-state index is 0.0206. The van der Waals surface area contributed by atoms with Crippen LogP contribution in [0, 0.1) is 13.8 Å². The third-order valence-corrected chi connectivity index (χ3v) is 5.13. The Balaban J connectivity index is 1.78. The molecule has 4 amide bonds. The average Bonchev–Trinajstić information content (AvgIpc) is 2.88. The van der Waals surface area contributed by atoms with Crippen LogP contribution < -0.4 is 10.6 Å². The summed E-state index contributed by atoms with van der Waals surface area (Å²) in [7, 11) is 0. The van der Waals surface area contributed by atoms with E-state index >= 15 is 0 Å². The molecule has 1 aliphatic rings. The first-order valence-corrected chi connectivity index (χ1v) is 9.11. The van der Waals surface area contributed by atoms with Gasteiger partial charge in [0, 0.05) is 5.69 Å². The molecule has 0 aromatic heterocycles. The molecule has 1 saturated heterocycles. The highest BCUT2D eigenvalue weighted by molar-refractivity contribution is 6.10. The highest BCUT2D eigenvalue weighted by atomic mass is 19.4. The van der Waals surface area contributed by atoms with Crippen molar-refractivity contribution in [1.29, 1.82) is 0 Å². The largest absolute Gasteiger partial charge is 0.416 e. The molecular formula is C21H20F3N3O3. The van der Waals surface area contributed by atoms with Crippen molar-refractivity contribution in [3.05, 3.63) is 64.7 Å². The van der Waals surface area contributed by atoms with E-state index in [1.54, 1.807) is 12.1 Å². The Kier molecular flexibility index (Phi) is 5.32. The third-order valence-electron chi connectivity index (χ3n) is 5.13. The van der Waals surface area contributed by atoms with Crippen molar-refractivity contribution in [2.75, 3.05) is 11.9 Å². The second kappa shape index (κ2) is 7.47. The van der Waals surface area contributed by atoms with Crippen LogP contribution in [-0.2, 0) is 21.3 Å². The molecule has 0 saturated carbocycles. The van der Waals surface area contributed by atoms with E-state index in [2.05, 4.69) is 10.6 Å². The minimum atomic E-state index is -4.59. The summed E-state index contributed by atoms with van der Waals surface area (Å²) in [6, 6.07) is 8.60. The summed E-state index contributed by atoms with van der Waals surface area (Å²) in [5.74, 6) is -1.41. The SMILES string of the molecule is Cc1ccc(NC(=O)CN2C(=O)NC(C)(c3cccc(C(F)(F)F)c3)C2=O)cc1C. The molecule has 3 rings (SSSR count). The number of benzene rings is 2. The van der Waals surface area contributed by atoms with Crippen LogP contribution in [0.2, 0.25) is 0 Å². The maximum Gasteiger partial charge on any atom is 0.416 e. The zero-order chi connectivity index (χ0) is 22.3. The molecule has 0 spiro atoms. The van der Waals surface area contributed by atoms with Gasteiger partial charge in [0.15, 0.2) is 0 Å². The Labute approximate surface area is 171 Å². The number of carbonyl (C=O) groups is 3. The van der Waals surface area contributed by atoms with Crippen LogP contribution in [-0.4, -0.2) is 29.3 Å². The van der Waals surface area contributed by atoms with E-state index in [0.717, 1.165) is 29.3 Å². The topological polar surface area (TPSA) is 78.5 Å². The van der Waals surface area contributed by atoms with Crippen LogP contribution >= 0.6 is 0 Å². The molecule has 1 atom stereocenters. The first-order valence-electron chi connectivity index (χ1n) is 9.11. The number of hydrogen-bond donors (Lipinski definition) is 2. The lowest BCUT2D eigenvalue weighted by molar-refractivity contribution is -0.138. The third kappa shape index (κ3) is 4.00. The number of alkyl halides is 3. The quantitative estimate of drug-likeness (QED) is 0.742. The Hall–Kier alpha value is -3.36. The standard InChI is InChI=1S/C21H20F3N3O3/c1-12-7-8-16(9-13(12)2)25-17(28)11-27-18(29)20(3,26-19(27)30)14-5-4-6-15(10-14)21(22,23)24/h4-10H,11H2,1-3H3,(H,25,28)(H,26,30). The lowest BCUT2D eigenvalue weighted by atomic mass is 9.90. The summed E-state index contributed by atoms with van der Waals surface area (Å²) in [5.41, 5.74) is -0.157. The van der Waals surface area contributed by atoms with Crippen molar-refractivity contribution in [2.45, 2.75) is 32.5 Å². The first kappa shape index (κ1) is 21.4. The van der Waals surface area contributed by atoms with E-state index in [1.807, 2.05) is 19.9 Å². The predicted octanol–water partition coefficient (Wildman–Crippen LogP) is 3.73. The molecular weight excluding hydrogens is 399 g/mol. The molecule has 6 nitrogen and oxygen atoms in total. The average molecular weight is 419 g/mol. The molecule has 1 fully saturated rings. The van der Waals surface area contributed by atoms with E-state index in [4.69, 9.17) is 0 Å². The number of anilines is 1. The summed E-state index contributed by atoms with van der Waals surface area (Å²) >= 11 is 0. The Bertz CT molecular complexity index is 1040. The monoisotopic (exact) mass is 419 g/mol. The zero-order valence-corrected chi connectivity index (χ0v) is 16.6. The highest BCUT2D eigenvalue weighted by Gasteiger charge is 2.50. The molecule has 30 heavy (non-hydrogen) atoms. The van der Waals surface area contributed by atoms with Gasteiger partial charge in [-0.1, -0.05) is 18.2 Å². The second-order valence-corrected chi connectivity index (χ2v) is 7.37. The summed E-state index contributed by atoms with van der Waals surface area (Å²) in [4.78, 5) is 38.2. The van der Waals surface area contributed by atoms with Crippen LogP contribution in [0.25, 0.3) is 0 Å². The fourth-order valence-electron chi connectivity index (χ4n) is 3.21. The maximum absolute atomic E-state index is 13.0. The van der Waals surface area contributed by atoms with Gasteiger partial charge >= 0.3 is 12.2 Å². The number of nitrogens with one attached hydrogen (secondary N) is 2. The molecule has 2 aromatic carbocycles. The van der Waals surface area contributed by atoms with Crippen LogP contribution in [0.5, 0.6) is 0 Å². The van der Waals surface area contributed by atoms with E-state index in [9.17, 15) is 27.6 Å². The number of hydrogen-bond acceptors (Lipinski definition) is 3. The predicted molar refractivity (Wildman–Crippen MR) is 104 cm³/mol. The maximum atomic E-state index is 13.0. The van der Waals surface area contributed by atoms with Crippen molar-refractivity contribution in [1.82, 2.24) is 10.2 Å². The summed E-state index contributed by atoms with van der Waals surface area (Å²) in [5, 5.41) is 5.01. The zero-order valence-electron chi connectivity index (χ0n) is 16.6. The Morgan fingerprint density at radius 3 is 2.43 bits per heavy atom. The van der Waals surface area contributed by atoms with Gasteiger partial charge in [0.1, 0.15) is 12.1 Å². The number of amides is 4. The minimum Gasteiger partial charge on any atom is -0.325 e. The highest BCUT2D eigenvalue weighted by Crippen LogP contribution is 2.34. The van der Waals surface area contributed by atoms with Crippen LogP contribution in [0.15, 0.2) is 42.5 Å². The van der Waals surface area contributed by atoms with E-state index < -0.39 is 41.7 Å². The fraction of sp³-hybridized carbons (Fsp3) is 0.286. The van der Waals surface area contributed by atoms with Crippen molar-refractivity contribution < 1.29 is 27.6 Å². The number of aryl methyl sites for hydroxylation is 2.